The van der Waals surface area contributed by atoms with Gasteiger partial charge in [-0.25, -0.2) is 13.0 Å². The molecule has 1 saturated carbocycles. The first-order valence-electron chi connectivity index (χ1n) is 10.1. The van der Waals surface area contributed by atoms with Crippen molar-refractivity contribution in [1.29, 1.82) is 0 Å². The van der Waals surface area contributed by atoms with Gasteiger partial charge < -0.3 is 9.87 Å². The van der Waals surface area contributed by atoms with Crippen LogP contribution in [0.5, 0.6) is 0 Å². The summed E-state index contributed by atoms with van der Waals surface area (Å²) >= 11 is 0. The molecule has 0 spiro atoms. The zero-order valence-corrected chi connectivity index (χ0v) is 17.9. The number of hydrogen-bond donors (Lipinski definition) is 1. The van der Waals surface area contributed by atoms with Gasteiger partial charge in [0.15, 0.2) is 22.4 Å². The second kappa shape index (κ2) is 9.40. The molecule has 0 amide bonds. The maximum Gasteiger partial charge on any atom is 0.485 e. The SMILES string of the molecule is Cc1ccc(C2Nc3ccccc3C=[N+]2C2CCCCC2)cc1.O=S(=O)([O-])C(F)(F)F. The highest BCUT2D eigenvalue weighted by Crippen LogP contribution is 2.32. The van der Waals surface area contributed by atoms with Crippen LogP contribution in [-0.2, 0) is 10.1 Å². The van der Waals surface area contributed by atoms with E-state index in [1.807, 2.05) is 0 Å². The van der Waals surface area contributed by atoms with Crippen molar-refractivity contribution >= 4 is 22.0 Å². The topological polar surface area (TPSA) is 72.2 Å². The largest absolute Gasteiger partial charge is 0.741 e. The normalized spacial score (nSPS) is 19.4. The number of nitrogens with one attached hydrogen (secondary N) is 1. The lowest BCUT2D eigenvalue weighted by Crippen LogP contribution is -2.39. The molecule has 9 heteroatoms. The maximum atomic E-state index is 10.7. The lowest BCUT2D eigenvalue weighted by molar-refractivity contribution is -0.601. The summed E-state index contributed by atoms with van der Waals surface area (Å²) in [5.41, 5.74) is -0.427. The third kappa shape index (κ3) is 5.86. The van der Waals surface area contributed by atoms with Crippen LogP contribution < -0.4 is 5.32 Å². The maximum absolute atomic E-state index is 10.7. The average molecular weight is 455 g/mol. The van der Waals surface area contributed by atoms with E-state index < -0.39 is 15.6 Å². The zero-order chi connectivity index (χ0) is 22.6. The standard InChI is InChI=1S/C21H24N2.CHF3O3S/c1-16-11-13-17(14-12-16)21-22-20-10-6-5-7-18(20)15-23(21)19-8-3-2-4-9-19;2-1(3,4)8(5,6)7/h5-7,10-15,19,21H,2-4,8-9H2,1H3;(H,5,6,7). The number of hydrogen-bond acceptors (Lipinski definition) is 4. The van der Waals surface area contributed by atoms with E-state index in [2.05, 4.69) is 71.6 Å². The van der Waals surface area contributed by atoms with Gasteiger partial charge in [0.2, 0.25) is 0 Å². The van der Waals surface area contributed by atoms with Crippen molar-refractivity contribution < 1.29 is 30.7 Å². The number of aryl methyl sites for hydroxylation is 1. The van der Waals surface area contributed by atoms with Gasteiger partial charge in [-0.1, -0.05) is 48.4 Å². The number of para-hydroxylation sites is 1. The fourth-order valence-corrected chi connectivity index (χ4v) is 3.90. The molecule has 31 heavy (non-hydrogen) atoms. The molecule has 4 rings (SSSR count). The van der Waals surface area contributed by atoms with Crippen LogP contribution in [0.1, 0.15) is 55.0 Å². The Morgan fingerprint density at radius 3 is 2.16 bits per heavy atom. The Balaban J connectivity index is 0.000000293. The molecule has 1 unspecified atom stereocenters. The van der Waals surface area contributed by atoms with Crippen LogP contribution in [0, 0.1) is 6.92 Å². The second-order valence-corrected chi connectivity index (χ2v) is 9.18. The van der Waals surface area contributed by atoms with Gasteiger partial charge in [0.1, 0.15) is 0 Å². The summed E-state index contributed by atoms with van der Waals surface area (Å²) in [5.74, 6) is 0. The third-order valence-corrected chi connectivity index (χ3v) is 6.08. The number of nitrogens with zero attached hydrogens (tertiary/aromatic N) is 1. The van der Waals surface area contributed by atoms with Crippen LogP contribution in [0.25, 0.3) is 0 Å². The van der Waals surface area contributed by atoms with E-state index in [4.69, 9.17) is 13.0 Å². The van der Waals surface area contributed by atoms with Gasteiger partial charge in [0.05, 0.1) is 11.3 Å². The number of anilines is 1. The van der Waals surface area contributed by atoms with E-state index in [1.54, 1.807) is 0 Å². The minimum atomic E-state index is -6.09. The lowest BCUT2D eigenvalue weighted by Gasteiger charge is -2.30. The van der Waals surface area contributed by atoms with Crippen molar-refractivity contribution in [1.82, 2.24) is 0 Å². The first-order chi connectivity index (χ1) is 14.6. The Labute approximate surface area is 180 Å². The predicted octanol–water partition coefficient (Wildman–Crippen LogP) is 4.93. The van der Waals surface area contributed by atoms with Gasteiger partial charge in [-0.05, 0) is 31.9 Å². The minimum absolute atomic E-state index is 0.244. The van der Waals surface area contributed by atoms with E-state index in [0.29, 0.717) is 6.04 Å². The summed E-state index contributed by atoms with van der Waals surface area (Å²) in [6.45, 7) is 2.15. The van der Waals surface area contributed by atoms with Crippen molar-refractivity contribution in [3.8, 4) is 0 Å². The van der Waals surface area contributed by atoms with E-state index in [-0.39, 0.29) is 6.17 Å². The summed E-state index contributed by atoms with van der Waals surface area (Å²) in [6, 6.07) is 18.3. The minimum Gasteiger partial charge on any atom is -0.741 e. The Morgan fingerprint density at radius 2 is 1.58 bits per heavy atom. The van der Waals surface area contributed by atoms with Crippen LogP contribution in [-0.4, -0.2) is 35.3 Å². The molecule has 168 valence electrons. The van der Waals surface area contributed by atoms with Gasteiger partial charge in [-0.3, -0.25) is 0 Å². The van der Waals surface area contributed by atoms with Gasteiger partial charge in [-0.2, -0.15) is 13.2 Å². The molecular formula is C22H25F3N2O3S. The monoisotopic (exact) mass is 454 g/mol. The Bertz CT molecular complexity index is 1030. The molecule has 0 aromatic heterocycles. The zero-order valence-electron chi connectivity index (χ0n) is 17.1. The first-order valence-corrected chi connectivity index (χ1v) is 11.5. The number of fused-ring (bicyclic) bond motifs is 1. The van der Waals surface area contributed by atoms with Crippen LogP contribution in [0.2, 0.25) is 0 Å². The molecule has 5 nitrogen and oxygen atoms in total. The molecule has 1 aliphatic carbocycles. The van der Waals surface area contributed by atoms with Crippen LogP contribution in [0.15, 0.2) is 48.5 Å². The van der Waals surface area contributed by atoms with Crippen LogP contribution >= 0.6 is 0 Å². The number of benzene rings is 2. The average Bonchev–Trinajstić information content (AvgIpc) is 2.73. The van der Waals surface area contributed by atoms with Crippen LogP contribution in [0.4, 0.5) is 18.9 Å². The van der Waals surface area contributed by atoms with E-state index in [1.165, 1.54) is 54.5 Å². The fourth-order valence-electron chi connectivity index (χ4n) is 3.90. The molecule has 0 bridgehead atoms. The quantitative estimate of drug-likeness (QED) is 0.397. The van der Waals surface area contributed by atoms with Gasteiger partial charge in [-0.15, -0.1) is 0 Å². The summed E-state index contributed by atoms with van der Waals surface area (Å²) in [5, 5.41) is 3.77. The first kappa shape index (κ1) is 23.3. The summed E-state index contributed by atoms with van der Waals surface area (Å²) in [4.78, 5) is 0. The highest BCUT2D eigenvalue weighted by molar-refractivity contribution is 7.86. The molecule has 1 atom stereocenters. The summed E-state index contributed by atoms with van der Waals surface area (Å²) in [6.07, 6.45) is 9.35. The highest BCUT2D eigenvalue weighted by Gasteiger charge is 2.37. The Hall–Kier alpha value is -2.39. The molecule has 2 aliphatic rings. The van der Waals surface area contributed by atoms with Gasteiger partial charge >= 0.3 is 5.51 Å². The molecular weight excluding hydrogens is 429 g/mol. The second-order valence-electron chi connectivity index (χ2n) is 7.81. The van der Waals surface area contributed by atoms with Gasteiger partial charge in [0, 0.05) is 18.4 Å². The molecule has 2 aromatic carbocycles. The highest BCUT2D eigenvalue weighted by atomic mass is 32.2. The van der Waals surface area contributed by atoms with E-state index >= 15 is 0 Å². The number of alkyl halides is 3. The molecule has 1 N–H and O–H groups in total. The van der Waals surface area contributed by atoms with Crippen molar-refractivity contribution in [3.63, 3.8) is 0 Å². The third-order valence-electron chi connectivity index (χ3n) is 5.51. The smallest absolute Gasteiger partial charge is 0.485 e. The molecule has 0 radical (unpaired) electrons. The summed E-state index contributed by atoms with van der Waals surface area (Å²) < 4.78 is 61.5. The Kier molecular flexibility index (Phi) is 7.06. The molecule has 2 aromatic rings. The van der Waals surface area contributed by atoms with Crippen molar-refractivity contribution in [2.45, 2.75) is 56.7 Å². The fraction of sp³-hybridized carbons (Fsp3) is 0.409. The van der Waals surface area contributed by atoms with Gasteiger partial charge in [0.25, 0.3) is 6.17 Å². The molecule has 1 aliphatic heterocycles. The lowest BCUT2D eigenvalue weighted by atomic mass is 9.93. The predicted molar refractivity (Wildman–Crippen MR) is 112 cm³/mol. The number of halogens is 3. The number of rotatable bonds is 2. The molecule has 1 fully saturated rings. The van der Waals surface area contributed by atoms with Crippen molar-refractivity contribution in [2.75, 3.05) is 5.32 Å². The van der Waals surface area contributed by atoms with Crippen molar-refractivity contribution in [3.05, 3.63) is 65.2 Å². The summed E-state index contributed by atoms with van der Waals surface area (Å²) in [7, 11) is -6.09. The van der Waals surface area contributed by atoms with E-state index in [9.17, 15) is 13.2 Å². The van der Waals surface area contributed by atoms with Crippen LogP contribution in [0.3, 0.4) is 0 Å². The molecule has 0 saturated heterocycles. The Morgan fingerprint density at radius 1 is 1.00 bits per heavy atom. The van der Waals surface area contributed by atoms with Crippen molar-refractivity contribution in [2.24, 2.45) is 0 Å². The van der Waals surface area contributed by atoms with E-state index in [0.717, 1.165) is 0 Å². The molecule has 1 heterocycles.